The molecule has 2 heterocycles. The molecule has 1 aliphatic heterocycles. The Balaban J connectivity index is 1.58. The van der Waals surface area contributed by atoms with Crippen LogP contribution in [0.25, 0.3) is 0 Å². The maximum Gasteiger partial charge on any atom is 0.289 e. The van der Waals surface area contributed by atoms with Gasteiger partial charge in [0.2, 0.25) is 0 Å². The standard InChI is InChI=1S/C18H19BrN2O4/c1-2-24-14-5-3-13(4-6-14)17(22)20-9-11-21(12-10-20)18(23)15-7-8-16(19)25-15/h3-8H,2,9-12H2,1H3. The second-order valence-electron chi connectivity index (χ2n) is 5.65. The summed E-state index contributed by atoms with van der Waals surface area (Å²) >= 11 is 3.19. The van der Waals surface area contributed by atoms with Crippen LogP contribution in [0.2, 0.25) is 0 Å². The first kappa shape index (κ1) is 17.5. The molecule has 1 saturated heterocycles. The highest BCUT2D eigenvalue weighted by Gasteiger charge is 2.26. The molecule has 6 nitrogen and oxygen atoms in total. The number of ether oxygens (including phenoxy) is 1. The molecule has 1 aromatic heterocycles. The Hall–Kier alpha value is -2.28. The number of halogens is 1. The van der Waals surface area contributed by atoms with Gasteiger partial charge in [-0.2, -0.15) is 0 Å². The highest BCUT2D eigenvalue weighted by atomic mass is 79.9. The second kappa shape index (κ2) is 7.74. The summed E-state index contributed by atoms with van der Waals surface area (Å²) in [7, 11) is 0. The van der Waals surface area contributed by atoms with Crippen LogP contribution in [0.15, 0.2) is 45.5 Å². The number of carbonyl (C=O) groups excluding carboxylic acids is 2. The maximum absolute atomic E-state index is 12.6. The minimum atomic E-state index is -0.154. The third-order valence-electron chi connectivity index (χ3n) is 4.05. The molecule has 0 spiro atoms. The molecule has 2 amide bonds. The zero-order valence-corrected chi connectivity index (χ0v) is 15.5. The topological polar surface area (TPSA) is 63.0 Å². The Morgan fingerprint density at radius 2 is 1.60 bits per heavy atom. The number of amides is 2. The van der Waals surface area contributed by atoms with Crippen LogP contribution in [0, 0.1) is 0 Å². The van der Waals surface area contributed by atoms with Crippen molar-refractivity contribution >= 4 is 27.7 Å². The molecule has 3 rings (SSSR count). The van der Waals surface area contributed by atoms with Crippen LogP contribution in [0.3, 0.4) is 0 Å². The molecule has 0 aliphatic carbocycles. The van der Waals surface area contributed by atoms with Crippen molar-refractivity contribution in [1.82, 2.24) is 9.80 Å². The molecule has 0 N–H and O–H groups in total. The number of piperazine rings is 1. The van der Waals surface area contributed by atoms with Crippen molar-refractivity contribution in [2.24, 2.45) is 0 Å². The van der Waals surface area contributed by atoms with E-state index in [-0.39, 0.29) is 11.8 Å². The number of carbonyl (C=O) groups is 2. The number of benzene rings is 1. The third-order valence-corrected chi connectivity index (χ3v) is 4.48. The third kappa shape index (κ3) is 4.04. The summed E-state index contributed by atoms with van der Waals surface area (Å²) in [6, 6.07) is 10.5. The largest absolute Gasteiger partial charge is 0.494 e. The fourth-order valence-electron chi connectivity index (χ4n) is 2.74. The van der Waals surface area contributed by atoms with E-state index >= 15 is 0 Å². The second-order valence-corrected chi connectivity index (χ2v) is 6.43. The number of nitrogens with zero attached hydrogens (tertiary/aromatic N) is 2. The predicted molar refractivity (Wildman–Crippen MR) is 95.8 cm³/mol. The van der Waals surface area contributed by atoms with E-state index in [2.05, 4.69) is 15.9 Å². The van der Waals surface area contributed by atoms with Gasteiger partial charge in [-0.25, -0.2) is 0 Å². The monoisotopic (exact) mass is 406 g/mol. The Kier molecular flexibility index (Phi) is 5.43. The fourth-order valence-corrected chi connectivity index (χ4v) is 3.05. The fraction of sp³-hybridized carbons (Fsp3) is 0.333. The van der Waals surface area contributed by atoms with Crippen LogP contribution >= 0.6 is 15.9 Å². The number of hydrogen-bond acceptors (Lipinski definition) is 4. The molecule has 1 fully saturated rings. The molecular weight excluding hydrogens is 388 g/mol. The minimum absolute atomic E-state index is 0.0316. The van der Waals surface area contributed by atoms with Gasteiger partial charge in [0.25, 0.3) is 11.8 Å². The quantitative estimate of drug-likeness (QED) is 0.782. The molecule has 7 heteroatoms. The molecule has 0 atom stereocenters. The lowest BCUT2D eigenvalue weighted by Gasteiger charge is -2.34. The van der Waals surface area contributed by atoms with Gasteiger partial charge in [-0.1, -0.05) is 0 Å². The Labute approximate surface area is 154 Å². The van der Waals surface area contributed by atoms with Crippen LogP contribution in [0.5, 0.6) is 5.75 Å². The first-order chi connectivity index (χ1) is 12.1. The van der Waals surface area contributed by atoms with E-state index in [1.54, 1.807) is 46.2 Å². The zero-order chi connectivity index (χ0) is 17.8. The zero-order valence-electron chi connectivity index (χ0n) is 13.9. The normalized spacial score (nSPS) is 14.5. The van der Waals surface area contributed by atoms with Gasteiger partial charge in [0.15, 0.2) is 10.4 Å². The van der Waals surface area contributed by atoms with E-state index in [0.29, 0.717) is 48.8 Å². The van der Waals surface area contributed by atoms with Crippen LogP contribution in [-0.2, 0) is 0 Å². The molecule has 0 bridgehead atoms. The van der Waals surface area contributed by atoms with Gasteiger partial charge in [-0.15, -0.1) is 0 Å². The lowest BCUT2D eigenvalue weighted by molar-refractivity contribution is 0.0517. The van der Waals surface area contributed by atoms with Crippen molar-refractivity contribution in [3.63, 3.8) is 0 Å². The molecule has 0 radical (unpaired) electrons. The molecule has 1 aromatic carbocycles. The summed E-state index contributed by atoms with van der Waals surface area (Å²) in [4.78, 5) is 28.4. The van der Waals surface area contributed by atoms with Crippen LogP contribution in [0.4, 0.5) is 0 Å². The Bertz CT molecular complexity index is 749. The summed E-state index contributed by atoms with van der Waals surface area (Å²) in [6.07, 6.45) is 0. The van der Waals surface area contributed by atoms with Crippen molar-refractivity contribution in [1.29, 1.82) is 0 Å². The lowest BCUT2D eigenvalue weighted by atomic mass is 10.1. The van der Waals surface area contributed by atoms with E-state index in [0.717, 1.165) is 5.75 Å². The lowest BCUT2D eigenvalue weighted by Crippen LogP contribution is -2.50. The average Bonchev–Trinajstić information content (AvgIpc) is 3.08. The highest BCUT2D eigenvalue weighted by molar-refractivity contribution is 9.10. The van der Waals surface area contributed by atoms with Crippen molar-refractivity contribution < 1.29 is 18.7 Å². The molecule has 0 unspecified atom stereocenters. The van der Waals surface area contributed by atoms with Crippen molar-refractivity contribution in [3.05, 3.63) is 52.4 Å². The number of rotatable bonds is 4. The maximum atomic E-state index is 12.6. The molecule has 2 aromatic rings. The van der Waals surface area contributed by atoms with E-state index in [9.17, 15) is 9.59 Å². The van der Waals surface area contributed by atoms with Crippen LogP contribution < -0.4 is 4.74 Å². The van der Waals surface area contributed by atoms with Gasteiger partial charge >= 0.3 is 0 Å². The summed E-state index contributed by atoms with van der Waals surface area (Å²) in [5.41, 5.74) is 0.623. The van der Waals surface area contributed by atoms with E-state index < -0.39 is 0 Å². The van der Waals surface area contributed by atoms with E-state index in [4.69, 9.17) is 9.15 Å². The molecule has 1 aliphatic rings. The summed E-state index contributed by atoms with van der Waals surface area (Å²) in [6.45, 7) is 4.48. The van der Waals surface area contributed by atoms with Gasteiger partial charge in [-0.05, 0) is 59.3 Å². The number of hydrogen-bond donors (Lipinski definition) is 0. The van der Waals surface area contributed by atoms with Gasteiger partial charge < -0.3 is 19.0 Å². The SMILES string of the molecule is CCOc1ccc(C(=O)N2CCN(C(=O)c3ccc(Br)o3)CC2)cc1. The molecule has 25 heavy (non-hydrogen) atoms. The number of furan rings is 1. The van der Waals surface area contributed by atoms with Gasteiger partial charge in [0, 0.05) is 31.7 Å². The van der Waals surface area contributed by atoms with Crippen molar-refractivity contribution in [3.8, 4) is 5.75 Å². The van der Waals surface area contributed by atoms with E-state index in [1.807, 2.05) is 6.92 Å². The first-order valence-electron chi connectivity index (χ1n) is 8.15. The summed E-state index contributed by atoms with van der Waals surface area (Å²) in [5.74, 6) is 0.868. The smallest absolute Gasteiger partial charge is 0.289 e. The van der Waals surface area contributed by atoms with Gasteiger partial charge in [-0.3, -0.25) is 9.59 Å². The Morgan fingerprint density at radius 1 is 1.00 bits per heavy atom. The van der Waals surface area contributed by atoms with Crippen molar-refractivity contribution in [2.75, 3.05) is 32.8 Å². The van der Waals surface area contributed by atoms with Crippen LogP contribution in [-0.4, -0.2) is 54.4 Å². The summed E-state index contributed by atoms with van der Waals surface area (Å²) < 4.78 is 11.2. The average molecular weight is 407 g/mol. The first-order valence-corrected chi connectivity index (χ1v) is 8.94. The Morgan fingerprint density at radius 3 is 2.12 bits per heavy atom. The van der Waals surface area contributed by atoms with Gasteiger partial charge in [0.05, 0.1) is 6.61 Å². The highest BCUT2D eigenvalue weighted by Crippen LogP contribution is 2.18. The molecule has 0 saturated carbocycles. The minimum Gasteiger partial charge on any atom is -0.494 e. The molecular formula is C18H19BrN2O4. The van der Waals surface area contributed by atoms with E-state index in [1.165, 1.54) is 0 Å². The van der Waals surface area contributed by atoms with Crippen molar-refractivity contribution in [2.45, 2.75) is 6.92 Å². The summed E-state index contributed by atoms with van der Waals surface area (Å²) in [5, 5.41) is 0. The predicted octanol–water partition coefficient (Wildman–Crippen LogP) is 3.04. The van der Waals surface area contributed by atoms with Gasteiger partial charge in [0.1, 0.15) is 5.75 Å². The van der Waals surface area contributed by atoms with Crippen LogP contribution in [0.1, 0.15) is 27.8 Å². The molecule has 132 valence electrons.